The molecule has 4 N–H and O–H groups in total. The molecule has 0 unspecified atom stereocenters. The molecule has 0 fully saturated rings. The summed E-state index contributed by atoms with van der Waals surface area (Å²) in [5.74, 6) is 0.515. The number of halogens is 1. The van der Waals surface area contributed by atoms with E-state index in [1.54, 1.807) is 18.3 Å². The smallest absolute Gasteiger partial charge is 0.197 e. The Kier molecular flexibility index (Phi) is 5.65. The quantitative estimate of drug-likeness (QED) is 0.435. The normalized spacial score (nSPS) is 11.1. The molecule has 0 aliphatic carbocycles. The van der Waals surface area contributed by atoms with Crippen LogP contribution in [0.25, 0.3) is 0 Å². The minimum atomic E-state index is 0.164. The van der Waals surface area contributed by atoms with E-state index in [2.05, 4.69) is 20.6 Å². The maximum absolute atomic E-state index is 5.97. The van der Waals surface area contributed by atoms with Crippen molar-refractivity contribution < 1.29 is 0 Å². The van der Waals surface area contributed by atoms with Gasteiger partial charge in [-0.25, -0.2) is 4.99 Å². The molecule has 0 saturated carbocycles. The van der Waals surface area contributed by atoms with E-state index in [9.17, 15) is 0 Å². The lowest BCUT2D eigenvalue weighted by molar-refractivity contribution is 0.894. The van der Waals surface area contributed by atoms with E-state index < -0.39 is 0 Å². The van der Waals surface area contributed by atoms with Crippen molar-refractivity contribution in [1.82, 2.24) is 15.6 Å². The van der Waals surface area contributed by atoms with Crippen LogP contribution in [-0.2, 0) is 6.54 Å². The molecule has 1 aromatic heterocycles. The third-order valence-electron chi connectivity index (χ3n) is 1.81. The summed E-state index contributed by atoms with van der Waals surface area (Å²) in [5.41, 5.74) is 6.08. The highest BCUT2D eigenvalue weighted by Crippen LogP contribution is 2.12. The molecule has 0 spiro atoms. The van der Waals surface area contributed by atoms with Gasteiger partial charge >= 0.3 is 0 Å². The topological polar surface area (TPSA) is 75.3 Å². The van der Waals surface area contributed by atoms with Crippen LogP contribution in [0.3, 0.4) is 0 Å². The number of rotatable bonds is 3. The molecule has 17 heavy (non-hydrogen) atoms. The van der Waals surface area contributed by atoms with Crippen LogP contribution >= 0.6 is 23.8 Å². The third-order valence-corrected chi connectivity index (χ3v) is 2.25. The van der Waals surface area contributed by atoms with Gasteiger partial charge in [0, 0.05) is 12.7 Å². The molecule has 0 radical (unpaired) electrons. The predicted octanol–water partition coefficient (Wildman–Crippen LogP) is 1.03. The van der Waals surface area contributed by atoms with Gasteiger partial charge in [0.1, 0.15) is 0 Å². The van der Waals surface area contributed by atoms with Crippen LogP contribution in [0.15, 0.2) is 23.3 Å². The summed E-state index contributed by atoms with van der Waals surface area (Å²) in [6.07, 6.45) is 1.67. The van der Waals surface area contributed by atoms with E-state index in [1.165, 1.54) is 0 Å². The second-order valence-corrected chi connectivity index (χ2v) is 3.96. The molecular formula is C10H14ClN5S. The molecule has 92 valence electrons. The first kappa shape index (κ1) is 13.7. The molecule has 7 heteroatoms. The van der Waals surface area contributed by atoms with E-state index in [0.717, 1.165) is 0 Å². The van der Waals surface area contributed by atoms with Crippen molar-refractivity contribution >= 4 is 34.9 Å². The molecule has 0 aromatic carbocycles. The first-order chi connectivity index (χ1) is 8.13. The molecule has 0 bridgehead atoms. The summed E-state index contributed by atoms with van der Waals surface area (Å²) >= 11 is 10.7. The second-order valence-electron chi connectivity index (χ2n) is 3.12. The highest BCUT2D eigenvalue weighted by Gasteiger charge is 2.01. The summed E-state index contributed by atoms with van der Waals surface area (Å²) < 4.78 is 0. The van der Waals surface area contributed by atoms with Gasteiger partial charge in [-0.1, -0.05) is 11.6 Å². The maximum atomic E-state index is 5.97. The Bertz CT molecular complexity index is 421. The Balaban J connectivity index is 2.71. The minimum Gasteiger partial charge on any atom is -0.376 e. The van der Waals surface area contributed by atoms with Gasteiger partial charge in [0.15, 0.2) is 11.1 Å². The number of nitrogens with one attached hydrogen (secondary N) is 2. The van der Waals surface area contributed by atoms with Crippen LogP contribution in [-0.4, -0.2) is 22.6 Å². The summed E-state index contributed by atoms with van der Waals surface area (Å²) in [6.45, 7) is 3.02. The number of pyridine rings is 1. The van der Waals surface area contributed by atoms with Gasteiger partial charge in [0.25, 0.3) is 0 Å². The van der Waals surface area contributed by atoms with Crippen molar-refractivity contribution in [1.29, 1.82) is 0 Å². The Hall–Kier alpha value is -1.40. The monoisotopic (exact) mass is 271 g/mol. The lowest BCUT2D eigenvalue weighted by atomic mass is 10.3. The number of thiocarbonyl (C=S) groups is 1. The second kappa shape index (κ2) is 7.03. The zero-order valence-corrected chi connectivity index (χ0v) is 11.0. The number of aliphatic imine (C=N–C) groups is 1. The van der Waals surface area contributed by atoms with E-state index in [-0.39, 0.29) is 5.11 Å². The van der Waals surface area contributed by atoms with E-state index in [4.69, 9.17) is 29.6 Å². The lowest BCUT2D eigenvalue weighted by Crippen LogP contribution is -2.43. The standard InChI is InChI=1S/C10H14ClN5S/c1-2-13-10(16-9(12)17)15-6-8-7(11)4-3-5-14-8/h3-5H,2,6H2,1H3,(H4,12,13,15,16,17). The zero-order valence-electron chi connectivity index (χ0n) is 9.40. The molecule has 0 aliphatic rings. The summed E-state index contributed by atoms with van der Waals surface area (Å²) in [4.78, 5) is 8.40. The van der Waals surface area contributed by atoms with Gasteiger partial charge < -0.3 is 16.4 Å². The van der Waals surface area contributed by atoms with E-state index in [0.29, 0.717) is 29.8 Å². The van der Waals surface area contributed by atoms with E-state index in [1.807, 2.05) is 6.92 Å². The molecule has 0 aliphatic heterocycles. The Labute approximate surface area is 110 Å². The Morgan fingerprint density at radius 2 is 2.41 bits per heavy atom. The van der Waals surface area contributed by atoms with Crippen LogP contribution < -0.4 is 16.4 Å². The van der Waals surface area contributed by atoms with Gasteiger partial charge in [-0.05, 0) is 31.3 Å². The lowest BCUT2D eigenvalue weighted by Gasteiger charge is -2.09. The number of hydrogen-bond donors (Lipinski definition) is 3. The molecular weight excluding hydrogens is 258 g/mol. The number of nitrogens with zero attached hydrogens (tertiary/aromatic N) is 2. The molecule has 0 saturated heterocycles. The van der Waals surface area contributed by atoms with Gasteiger partial charge in [0.05, 0.1) is 17.3 Å². The van der Waals surface area contributed by atoms with Gasteiger partial charge in [0.2, 0.25) is 0 Å². The molecule has 1 heterocycles. The molecule has 5 nitrogen and oxygen atoms in total. The Morgan fingerprint density at radius 1 is 1.65 bits per heavy atom. The van der Waals surface area contributed by atoms with Crippen LogP contribution in [0.5, 0.6) is 0 Å². The number of nitrogens with two attached hydrogens (primary N) is 1. The van der Waals surface area contributed by atoms with Crippen molar-refractivity contribution in [3.05, 3.63) is 29.0 Å². The van der Waals surface area contributed by atoms with Crippen LogP contribution in [0.2, 0.25) is 5.02 Å². The van der Waals surface area contributed by atoms with Crippen molar-refractivity contribution in [3.63, 3.8) is 0 Å². The van der Waals surface area contributed by atoms with E-state index >= 15 is 0 Å². The van der Waals surface area contributed by atoms with Gasteiger partial charge in [-0.2, -0.15) is 0 Å². The highest BCUT2D eigenvalue weighted by atomic mass is 35.5. The first-order valence-corrected chi connectivity index (χ1v) is 5.86. The zero-order chi connectivity index (χ0) is 12.7. The number of hydrogen-bond acceptors (Lipinski definition) is 3. The average Bonchev–Trinajstić information content (AvgIpc) is 2.27. The van der Waals surface area contributed by atoms with Crippen molar-refractivity contribution in [2.45, 2.75) is 13.5 Å². The maximum Gasteiger partial charge on any atom is 0.197 e. The van der Waals surface area contributed by atoms with Crippen molar-refractivity contribution in [3.8, 4) is 0 Å². The third kappa shape index (κ3) is 4.97. The highest BCUT2D eigenvalue weighted by molar-refractivity contribution is 7.80. The van der Waals surface area contributed by atoms with Gasteiger partial charge in [-0.3, -0.25) is 4.98 Å². The predicted molar refractivity (Wildman–Crippen MR) is 74.0 cm³/mol. The summed E-state index contributed by atoms with van der Waals surface area (Å²) in [5, 5.41) is 6.50. The van der Waals surface area contributed by atoms with Crippen molar-refractivity contribution in [2.75, 3.05) is 6.54 Å². The SMILES string of the molecule is CCNC(=NCc1ncccc1Cl)NC(N)=S. The summed E-state index contributed by atoms with van der Waals surface area (Å²) in [7, 11) is 0. The Morgan fingerprint density at radius 3 is 3.00 bits per heavy atom. The average molecular weight is 272 g/mol. The largest absolute Gasteiger partial charge is 0.376 e. The fourth-order valence-electron chi connectivity index (χ4n) is 1.11. The molecule has 1 rings (SSSR count). The first-order valence-electron chi connectivity index (χ1n) is 5.07. The molecule has 0 atom stereocenters. The fraction of sp³-hybridized carbons (Fsp3) is 0.300. The molecule has 0 amide bonds. The number of guanidine groups is 1. The summed E-state index contributed by atoms with van der Waals surface area (Å²) in [6, 6.07) is 3.54. The van der Waals surface area contributed by atoms with Crippen LogP contribution in [0, 0.1) is 0 Å². The van der Waals surface area contributed by atoms with Gasteiger partial charge in [-0.15, -0.1) is 0 Å². The number of aromatic nitrogens is 1. The fourth-order valence-corrected chi connectivity index (χ4v) is 1.39. The minimum absolute atomic E-state index is 0.164. The van der Waals surface area contributed by atoms with Crippen LogP contribution in [0.1, 0.15) is 12.6 Å². The van der Waals surface area contributed by atoms with Crippen molar-refractivity contribution in [2.24, 2.45) is 10.7 Å². The molecule has 1 aromatic rings. The van der Waals surface area contributed by atoms with Crippen LogP contribution in [0.4, 0.5) is 0 Å².